The van der Waals surface area contributed by atoms with E-state index in [1.807, 2.05) is 72.7 Å². The van der Waals surface area contributed by atoms with E-state index in [-0.39, 0.29) is 29.8 Å². The smallest absolute Gasteiger partial charge is 0.335 e. The molecule has 0 aliphatic heterocycles. The van der Waals surface area contributed by atoms with E-state index < -0.39 is 13.1 Å². The zero-order valence-electron chi connectivity index (χ0n) is 59.6. The Morgan fingerprint density at radius 2 is 0.868 bits per heavy atom. The Kier molecular flexibility index (Phi) is 27.3. The average molecular weight is 1460 g/mol. The van der Waals surface area contributed by atoms with Crippen LogP contribution < -0.4 is 33.6 Å². The zero-order chi connectivity index (χ0) is 76.9. The fourth-order valence-electron chi connectivity index (χ4n) is 11.5. The fraction of sp³-hybridized carbons (Fsp3) is 0.177. The average Bonchev–Trinajstić information content (AvgIpc) is 0.810. The van der Waals surface area contributed by atoms with Gasteiger partial charge in [0.05, 0.1) is 63.5 Å². The van der Waals surface area contributed by atoms with Crippen molar-refractivity contribution in [1.29, 1.82) is 26.3 Å². The maximum absolute atomic E-state index is 12.8. The summed E-state index contributed by atoms with van der Waals surface area (Å²) in [6, 6.07) is 39.9. The van der Waals surface area contributed by atoms with Gasteiger partial charge in [-0.2, -0.15) is 26.3 Å². The number of alkyl halides is 1. The first kappa shape index (κ1) is 78.2. The van der Waals surface area contributed by atoms with E-state index in [1.165, 1.54) is 42.5 Å². The standard InChI is InChI=1S/C26H21N7O.C25H21ClN6O.C18H10N4O2.C9H15N3.CH3F.ClH/c1-15-5-24(29)33-16(2)23(15)14-32-26(34)19-3-4-30-22(10-19)9-17-6-20-8-18(11-27)13-31-25(20)21(7-17)12-28;1-14-5-23(28)32-15(2)22(14)13-31-25(33)17-3-4-29-21(10-17)8-16-6-18-9-20(26)12-30-24(18)19(7-16)11-27;19-8-12-5-14-3-11(4-15(9-20)17(14)22-10-12)6-16-7-13(18(23)24)1-2-21-16;1-5-6(2)9(11)12-7(3)8(5)4-10;1-2;/h3-8,10,13H,9,14H2,1-2H3,(H2,29,33)(H,32,34);3-7,9-10,12H,8,13H2,1-2H3,(H2,28,32)(H,31,33);1-5,7,10H,6H2,(H,23,24);4,10H2,1-3H3,(H2,11,12);1H3;1H/i;;;;1D;. The van der Waals surface area contributed by atoms with Crippen LogP contribution in [0.15, 0.2) is 140 Å². The molecule has 9 heterocycles. The largest absolute Gasteiger partial charge is 0.478 e. The van der Waals surface area contributed by atoms with Crippen LogP contribution in [0.4, 0.5) is 21.8 Å². The molecule has 0 bridgehead atoms. The molecule has 106 heavy (non-hydrogen) atoms. The van der Waals surface area contributed by atoms with Crippen molar-refractivity contribution in [2.75, 3.05) is 24.4 Å². The molecule has 12 aromatic rings. The van der Waals surface area contributed by atoms with E-state index >= 15 is 0 Å². The van der Waals surface area contributed by atoms with Crippen LogP contribution in [0.25, 0.3) is 32.7 Å². The number of pyridine rings is 9. The van der Waals surface area contributed by atoms with E-state index in [0.717, 1.165) is 72.5 Å². The zero-order valence-corrected chi connectivity index (χ0v) is 60.2. The van der Waals surface area contributed by atoms with Crippen LogP contribution in [0.5, 0.6) is 0 Å². The van der Waals surface area contributed by atoms with Crippen LogP contribution in [-0.2, 0) is 38.9 Å². The van der Waals surface area contributed by atoms with Crippen molar-refractivity contribution < 1.29 is 25.3 Å². The van der Waals surface area contributed by atoms with Gasteiger partial charge in [-0.05, 0) is 207 Å². The molecular formula is C79H71Cl2FN20O4. The molecular weight excluding hydrogens is 1380 g/mol. The highest BCUT2D eigenvalue weighted by molar-refractivity contribution is 6.31. The van der Waals surface area contributed by atoms with Gasteiger partial charge in [0.1, 0.15) is 47.8 Å². The van der Waals surface area contributed by atoms with E-state index in [9.17, 15) is 34.6 Å². The molecule has 0 unspecified atom stereocenters. The van der Waals surface area contributed by atoms with E-state index in [2.05, 4.69) is 79.8 Å². The van der Waals surface area contributed by atoms with E-state index in [1.54, 1.807) is 85.2 Å². The number of carbonyl (C=O) groups is 3. The van der Waals surface area contributed by atoms with Crippen LogP contribution in [0.1, 0.15) is 150 Å². The number of hydrogen-bond donors (Lipinski definition) is 7. The number of benzene rings is 3. The Morgan fingerprint density at radius 3 is 1.24 bits per heavy atom. The number of aryl methyl sites for hydroxylation is 5. The Hall–Kier alpha value is -13.5. The summed E-state index contributed by atoms with van der Waals surface area (Å²) >= 11 is 6.07. The second-order valence-electron chi connectivity index (χ2n) is 24.0. The summed E-state index contributed by atoms with van der Waals surface area (Å²) in [5, 5.41) is 64.1. The number of fused-ring (bicyclic) bond motifs is 3. The number of hydrogen-bond acceptors (Lipinski definition) is 21. The maximum Gasteiger partial charge on any atom is 0.335 e. The van der Waals surface area contributed by atoms with Crippen LogP contribution in [0.2, 0.25) is 5.02 Å². The summed E-state index contributed by atoms with van der Waals surface area (Å²) in [6.07, 6.45) is 10.3. The highest BCUT2D eigenvalue weighted by atomic mass is 35.5. The van der Waals surface area contributed by atoms with Crippen molar-refractivity contribution in [3.8, 4) is 30.3 Å². The lowest BCUT2D eigenvalue weighted by Crippen LogP contribution is -2.24. The molecule has 9 aromatic heterocycles. The predicted molar refractivity (Wildman–Crippen MR) is 406 cm³/mol. The number of halogens is 3. The topological polar surface area (TPSA) is 435 Å². The van der Waals surface area contributed by atoms with Crippen LogP contribution in [0.3, 0.4) is 0 Å². The lowest BCUT2D eigenvalue weighted by Gasteiger charge is -2.12. The minimum Gasteiger partial charge on any atom is -0.478 e. The molecule has 2 amide bonds. The Bertz CT molecular complexity index is 5570. The van der Waals surface area contributed by atoms with Gasteiger partial charge in [-0.3, -0.25) is 43.9 Å². The number of rotatable bonds is 14. The minimum atomic E-state index is -1.02. The van der Waals surface area contributed by atoms with Gasteiger partial charge in [0.25, 0.3) is 11.8 Å². The van der Waals surface area contributed by atoms with E-state index in [0.29, 0.717) is 145 Å². The highest BCUT2D eigenvalue weighted by Crippen LogP contribution is 2.27. The summed E-state index contributed by atoms with van der Waals surface area (Å²) in [6.45, 7) is 14.8. The number of nitrogens with one attached hydrogen (secondary N) is 2. The van der Waals surface area contributed by atoms with Crippen LogP contribution >= 0.6 is 24.0 Å². The molecule has 0 spiro atoms. The molecule has 24 nitrogen and oxygen atoms in total. The number of amides is 2. The number of nitrogen functional groups attached to an aromatic ring is 3. The summed E-state index contributed by atoms with van der Waals surface area (Å²) < 4.78 is 15.5. The van der Waals surface area contributed by atoms with Gasteiger partial charge in [0.15, 0.2) is 0 Å². The van der Waals surface area contributed by atoms with Crippen LogP contribution in [-0.4, -0.2) is 74.9 Å². The summed E-state index contributed by atoms with van der Waals surface area (Å²) in [5.41, 5.74) is 42.0. The van der Waals surface area contributed by atoms with Crippen molar-refractivity contribution in [3.63, 3.8) is 0 Å². The van der Waals surface area contributed by atoms with Crippen molar-refractivity contribution >= 4 is 92.0 Å². The molecule has 0 aliphatic rings. The Labute approximate surface area is 623 Å². The van der Waals surface area contributed by atoms with Gasteiger partial charge >= 0.3 is 5.97 Å². The van der Waals surface area contributed by atoms with Crippen molar-refractivity contribution in [3.05, 3.63) is 280 Å². The highest BCUT2D eigenvalue weighted by Gasteiger charge is 2.17. The van der Waals surface area contributed by atoms with Gasteiger partial charge in [0.2, 0.25) is 0 Å². The molecule has 0 fully saturated rings. The monoisotopic (exact) mass is 1450 g/mol. The van der Waals surface area contributed by atoms with E-state index in [4.69, 9.17) is 51.5 Å². The first-order valence-electron chi connectivity index (χ1n) is 32.8. The quantitative estimate of drug-likeness (QED) is 0.0531. The molecule has 11 N–H and O–H groups in total. The molecule has 0 saturated heterocycles. The Balaban J connectivity index is 0.000000205. The third-order valence-corrected chi connectivity index (χ3v) is 17.0. The van der Waals surface area contributed by atoms with Gasteiger partial charge in [-0.25, -0.2) is 19.7 Å². The number of carboxylic acid groups (broad SMARTS) is 1. The molecule has 0 aliphatic carbocycles. The summed E-state index contributed by atoms with van der Waals surface area (Å²) in [7, 11) is -1.00. The molecule has 532 valence electrons. The minimum absolute atomic E-state index is 0. The Morgan fingerprint density at radius 1 is 0.500 bits per heavy atom. The van der Waals surface area contributed by atoms with Gasteiger partial charge < -0.3 is 38.7 Å². The van der Waals surface area contributed by atoms with Gasteiger partial charge in [0, 0.05) is 138 Å². The predicted octanol–water partition coefficient (Wildman–Crippen LogP) is 12.5. The molecule has 3 aromatic carbocycles. The van der Waals surface area contributed by atoms with Crippen molar-refractivity contribution in [2.45, 2.75) is 87.4 Å². The first-order valence-corrected chi connectivity index (χ1v) is 32.5. The van der Waals surface area contributed by atoms with Crippen molar-refractivity contribution in [2.24, 2.45) is 5.73 Å². The lowest BCUT2D eigenvalue weighted by atomic mass is 10.0. The maximum atomic E-state index is 12.8. The number of nitrogens with two attached hydrogens (primary N) is 4. The number of aromatic carboxylic acids is 1. The van der Waals surface area contributed by atoms with Gasteiger partial charge in [-0.1, -0.05) is 11.6 Å². The number of nitriles is 5. The molecule has 12 rings (SSSR count). The number of carboxylic acids is 1. The summed E-state index contributed by atoms with van der Waals surface area (Å²) in [4.78, 5) is 75.0. The second-order valence-corrected chi connectivity index (χ2v) is 24.4. The normalized spacial score (nSPS) is 10.3. The number of anilines is 3. The SMILES string of the molecule is Cc1cc(N)nc(C)c1CNC(=O)c1ccnc(Cc2cc(C#N)c3ncc(C#N)cc3c2)c1.Cc1cc(N)nc(C)c1CNC(=O)c1ccnc(Cc2cc(C#N)c3ncc(Cl)cc3c2)c1.Cc1nc(N)c(C)c(C)c1CN.Cl.N#Cc1cnc2c(C#N)cc(Cc3cc(C(=O)O)ccn3)cc2c1.[2H]CF. The number of carbonyl (C=O) groups excluding carboxylic acids is 2. The number of nitrogens with zero attached hydrogens (tertiary/aromatic N) is 14. The fourth-order valence-corrected chi connectivity index (χ4v) is 11.7. The van der Waals surface area contributed by atoms with Crippen molar-refractivity contribution in [1.82, 2.24) is 55.5 Å². The number of aromatic nitrogens is 9. The first-order chi connectivity index (χ1) is 50.8. The molecule has 27 heteroatoms. The second kappa shape index (κ2) is 36.9. The molecule has 0 saturated carbocycles. The third-order valence-electron chi connectivity index (χ3n) is 16.8. The lowest BCUT2D eigenvalue weighted by molar-refractivity contribution is 0.0695. The van der Waals surface area contributed by atoms with Gasteiger partial charge in [-0.15, -0.1) is 12.4 Å². The molecule has 0 atom stereocenters. The third kappa shape index (κ3) is 20.2. The summed E-state index contributed by atoms with van der Waals surface area (Å²) in [5.74, 6) is 0.0849. The molecule has 0 radical (unpaired) electrons. The van der Waals surface area contributed by atoms with Crippen LogP contribution in [0, 0.1) is 105 Å².